The van der Waals surface area contributed by atoms with Crippen molar-refractivity contribution in [2.24, 2.45) is 5.92 Å². The van der Waals surface area contributed by atoms with Crippen molar-refractivity contribution in [1.29, 1.82) is 0 Å². The van der Waals surface area contributed by atoms with Crippen LogP contribution >= 0.6 is 0 Å². The Kier molecular flexibility index (Phi) is 7.34. The standard InChI is InChI=1S/C23H28F2N2O3/c1-2-18(28)11-7-4-8-12-19(27-21(29)17-13-23(24,25)14-17)22-26-15-20(30-22)16-9-5-3-6-10-16/h3,5-6,9-10,15,17,19H,2,4,7-8,11-14H2,1H3,(H,27,29)/t19-/m0/s1. The van der Waals surface area contributed by atoms with Gasteiger partial charge in [0.1, 0.15) is 11.8 Å². The van der Waals surface area contributed by atoms with Crippen LogP contribution in [0.25, 0.3) is 11.3 Å². The summed E-state index contributed by atoms with van der Waals surface area (Å²) in [5.41, 5.74) is 0.873. The number of rotatable bonds is 11. The molecule has 1 aromatic carbocycles. The number of benzene rings is 1. The number of oxazole rings is 1. The van der Waals surface area contributed by atoms with Crippen molar-refractivity contribution in [2.75, 3.05) is 0 Å². The number of ketones is 1. The molecule has 1 heterocycles. The van der Waals surface area contributed by atoms with Gasteiger partial charge in [-0.05, 0) is 12.8 Å². The predicted molar refractivity (Wildman–Crippen MR) is 109 cm³/mol. The Morgan fingerprint density at radius 2 is 1.93 bits per heavy atom. The summed E-state index contributed by atoms with van der Waals surface area (Å²) in [5, 5.41) is 2.85. The van der Waals surface area contributed by atoms with Gasteiger partial charge in [-0.1, -0.05) is 50.1 Å². The first-order valence-corrected chi connectivity index (χ1v) is 10.6. The zero-order valence-corrected chi connectivity index (χ0v) is 17.2. The van der Waals surface area contributed by atoms with E-state index in [0.717, 1.165) is 24.8 Å². The lowest BCUT2D eigenvalue weighted by molar-refractivity contribution is -0.151. The third-order valence-electron chi connectivity index (χ3n) is 5.50. The summed E-state index contributed by atoms with van der Waals surface area (Å²) in [6.45, 7) is 1.85. The Bertz CT molecular complexity index is 843. The maximum Gasteiger partial charge on any atom is 0.249 e. The highest BCUT2D eigenvalue weighted by Gasteiger charge is 2.49. The molecular weight excluding hydrogens is 390 g/mol. The number of carbonyl (C=O) groups is 2. The van der Waals surface area contributed by atoms with E-state index >= 15 is 0 Å². The monoisotopic (exact) mass is 418 g/mol. The van der Waals surface area contributed by atoms with Crippen LogP contribution < -0.4 is 5.32 Å². The minimum atomic E-state index is -2.74. The second-order valence-electron chi connectivity index (χ2n) is 7.94. The summed E-state index contributed by atoms with van der Waals surface area (Å²) in [6, 6.07) is 9.02. The molecule has 0 bridgehead atoms. The topological polar surface area (TPSA) is 72.2 Å². The van der Waals surface area contributed by atoms with Gasteiger partial charge >= 0.3 is 0 Å². The summed E-state index contributed by atoms with van der Waals surface area (Å²) < 4.78 is 32.2. The maximum atomic E-state index is 13.1. The van der Waals surface area contributed by atoms with Crippen molar-refractivity contribution in [3.8, 4) is 11.3 Å². The third-order valence-corrected chi connectivity index (χ3v) is 5.50. The lowest BCUT2D eigenvalue weighted by Gasteiger charge is -2.34. The Morgan fingerprint density at radius 3 is 2.60 bits per heavy atom. The normalized spacial score (nSPS) is 16.6. The summed E-state index contributed by atoms with van der Waals surface area (Å²) >= 11 is 0. The van der Waals surface area contributed by atoms with Crippen LogP contribution in [0.3, 0.4) is 0 Å². The molecule has 0 radical (unpaired) electrons. The van der Waals surface area contributed by atoms with Crippen LogP contribution in [0.15, 0.2) is 40.9 Å². The van der Waals surface area contributed by atoms with Gasteiger partial charge in [0.15, 0.2) is 5.76 Å². The lowest BCUT2D eigenvalue weighted by atomic mass is 9.80. The minimum absolute atomic E-state index is 0.242. The van der Waals surface area contributed by atoms with Crippen molar-refractivity contribution in [3.05, 3.63) is 42.4 Å². The number of halogens is 2. The highest BCUT2D eigenvalue weighted by molar-refractivity contribution is 5.80. The van der Waals surface area contributed by atoms with Gasteiger partial charge in [-0.3, -0.25) is 9.59 Å². The third kappa shape index (κ3) is 5.97. The highest BCUT2D eigenvalue weighted by Crippen LogP contribution is 2.42. The van der Waals surface area contributed by atoms with Gasteiger partial charge < -0.3 is 9.73 Å². The van der Waals surface area contributed by atoms with Crippen LogP contribution in [-0.4, -0.2) is 22.6 Å². The predicted octanol–water partition coefficient (Wildman–Crippen LogP) is 5.47. The van der Waals surface area contributed by atoms with Gasteiger partial charge in [0.25, 0.3) is 0 Å². The van der Waals surface area contributed by atoms with E-state index in [2.05, 4.69) is 10.3 Å². The molecule has 0 aliphatic heterocycles. The van der Waals surface area contributed by atoms with Gasteiger partial charge in [0.2, 0.25) is 17.7 Å². The Hall–Kier alpha value is -2.57. The van der Waals surface area contributed by atoms with E-state index in [9.17, 15) is 18.4 Å². The molecule has 1 aromatic heterocycles. The number of hydrogen-bond acceptors (Lipinski definition) is 4. The first kappa shape index (κ1) is 22.1. The number of Topliss-reactive ketones (excluding diaryl/α,β-unsaturated/α-hetero) is 1. The van der Waals surface area contributed by atoms with E-state index in [0.29, 0.717) is 30.9 Å². The molecule has 0 spiro atoms. The van der Waals surface area contributed by atoms with Crippen molar-refractivity contribution < 1.29 is 22.8 Å². The Balaban J connectivity index is 1.62. The van der Waals surface area contributed by atoms with Crippen LogP contribution in [0.5, 0.6) is 0 Å². The van der Waals surface area contributed by atoms with Crippen molar-refractivity contribution in [3.63, 3.8) is 0 Å². The number of hydrogen-bond donors (Lipinski definition) is 1. The second kappa shape index (κ2) is 9.96. The molecule has 30 heavy (non-hydrogen) atoms. The van der Waals surface area contributed by atoms with Crippen LogP contribution in [-0.2, 0) is 9.59 Å². The molecule has 1 amide bonds. The summed E-state index contributed by atoms with van der Waals surface area (Å²) in [4.78, 5) is 28.2. The molecule has 5 nitrogen and oxygen atoms in total. The average molecular weight is 418 g/mol. The fraction of sp³-hybridized carbons (Fsp3) is 0.522. The number of carbonyl (C=O) groups excluding carboxylic acids is 2. The SMILES string of the molecule is CCC(=O)CCCCC[C@H](NC(=O)C1CC(F)(F)C1)c1ncc(-c2ccccc2)o1. The molecule has 1 fully saturated rings. The largest absolute Gasteiger partial charge is 0.438 e. The molecule has 7 heteroatoms. The fourth-order valence-corrected chi connectivity index (χ4v) is 3.60. The Morgan fingerprint density at radius 1 is 1.20 bits per heavy atom. The van der Waals surface area contributed by atoms with E-state index < -0.39 is 30.7 Å². The molecule has 1 aliphatic rings. The highest BCUT2D eigenvalue weighted by atomic mass is 19.3. The van der Waals surface area contributed by atoms with Crippen molar-refractivity contribution >= 4 is 11.7 Å². The van der Waals surface area contributed by atoms with E-state index in [4.69, 9.17) is 4.42 Å². The molecule has 0 saturated heterocycles. The number of alkyl halides is 2. The average Bonchev–Trinajstić information content (AvgIpc) is 3.21. The fourth-order valence-electron chi connectivity index (χ4n) is 3.60. The van der Waals surface area contributed by atoms with Gasteiger partial charge in [0, 0.05) is 37.2 Å². The van der Waals surface area contributed by atoms with Gasteiger partial charge in [0.05, 0.1) is 6.20 Å². The van der Waals surface area contributed by atoms with Gasteiger partial charge in [-0.2, -0.15) is 0 Å². The zero-order chi connectivity index (χ0) is 21.6. The molecule has 1 N–H and O–H groups in total. The number of unbranched alkanes of at least 4 members (excludes halogenated alkanes) is 2. The molecule has 2 aromatic rings. The smallest absolute Gasteiger partial charge is 0.249 e. The van der Waals surface area contributed by atoms with Gasteiger partial charge in [-0.25, -0.2) is 13.8 Å². The first-order valence-electron chi connectivity index (χ1n) is 10.6. The molecule has 1 atom stereocenters. The van der Waals surface area contributed by atoms with E-state index in [1.54, 1.807) is 6.20 Å². The molecule has 1 saturated carbocycles. The number of nitrogens with zero attached hydrogens (tertiary/aromatic N) is 1. The molecule has 0 unspecified atom stereocenters. The maximum absolute atomic E-state index is 13.1. The zero-order valence-electron chi connectivity index (χ0n) is 17.2. The molecule has 1 aliphatic carbocycles. The minimum Gasteiger partial charge on any atom is -0.438 e. The van der Waals surface area contributed by atoms with E-state index in [1.165, 1.54) is 0 Å². The van der Waals surface area contributed by atoms with Crippen molar-refractivity contribution in [1.82, 2.24) is 10.3 Å². The Labute approximate surface area is 175 Å². The van der Waals surface area contributed by atoms with Gasteiger partial charge in [-0.15, -0.1) is 0 Å². The number of amides is 1. The number of nitrogens with one attached hydrogen (secondary N) is 1. The van der Waals surface area contributed by atoms with Crippen LogP contribution in [0.4, 0.5) is 8.78 Å². The van der Waals surface area contributed by atoms with E-state index in [-0.39, 0.29) is 11.7 Å². The quantitative estimate of drug-likeness (QED) is 0.491. The summed E-state index contributed by atoms with van der Waals surface area (Å²) in [5.74, 6) is -2.59. The number of aromatic nitrogens is 1. The lowest BCUT2D eigenvalue weighted by Crippen LogP contribution is -2.45. The van der Waals surface area contributed by atoms with Crippen LogP contribution in [0.1, 0.15) is 70.2 Å². The summed E-state index contributed by atoms with van der Waals surface area (Å²) in [6.07, 6.45) is 4.87. The second-order valence-corrected chi connectivity index (χ2v) is 7.94. The van der Waals surface area contributed by atoms with Crippen LogP contribution in [0.2, 0.25) is 0 Å². The summed E-state index contributed by atoms with van der Waals surface area (Å²) in [7, 11) is 0. The molecule has 162 valence electrons. The van der Waals surface area contributed by atoms with E-state index in [1.807, 2.05) is 37.3 Å². The molecular formula is C23H28F2N2O3. The first-order chi connectivity index (χ1) is 14.4. The molecule has 3 rings (SSSR count). The van der Waals surface area contributed by atoms with Crippen molar-refractivity contribution in [2.45, 2.75) is 70.3 Å². The van der Waals surface area contributed by atoms with Crippen LogP contribution in [0, 0.1) is 5.92 Å².